The van der Waals surface area contributed by atoms with Crippen molar-refractivity contribution in [3.8, 4) is 0 Å². The molecule has 0 saturated carbocycles. The summed E-state index contributed by atoms with van der Waals surface area (Å²) in [7, 11) is -3.46. The molecule has 1 amide bonds. The zero-order valence-electron chi connectivity index (χ0n) is 16.5. The molecular formula is C22H27N3O3S. The molecule has 29 heavy (non-hydrogen) atoms. The first-order valence-corrected chi connectivity index (χ1v) is 11.7. The number of benzene rings is 2. The third-order valence-electron chi connectivity index (χ3n) is 5.67. The van der Waals surface area contributed by atoms with E-state index in [1.807, 2.05) is 24.3 Å². The Labute approximate surface area is 172 Å². The van der Waals surface area contributed by atoms with Crippen LogP contribution >= 0.6 is 0 Å². The summed E-state index contributed by atoms with van der Waals surface area (Å²) in [6.45, 7) is 3.30. The number of carbonyl (C=O) groups excluding carboxylic acids is 1. The van der Waals surface area contributed by atoms with Crippen molar-refractivity contribution in [2.45, 2.75) is 37.0 Å². The number of nitrogens with zero attached hydrogens (tertiary/aromatic N) is 2. The summed E-state index contributed by atoms with van der Waals surface area (Å²) in [6.07, 6.45) is 5.54. The molecule has 7 heteroatoms. The van der Waals surface area contributed by atoms with Crippen LogP contribution in [0.5, 0.6) is 0 Å². The molecule has 0 aromatic heterocycles. The molecule has 2 fully saturated rings. The van der Waals surface area contributed by atoms with Crippen molar-refractivity contribution in [2.24, 2.45) is 0 Å². The summed E-state index contributed by atoms with van der Waals surface area (Å²) < 4.78 is 26.7. The Morgan fingerprint density at radius 1 is 0.759 bits per heavy atom. The second kappa shape index (κ2) is 8.55. The minimum atomic E-state index is -3.46. The van der Waals surface area contributed by atoms with Crippen molar-refractivity contribution in [3.63, 3.8) is 0 Å². The lowest BCUT2D eigenvalue weighted by atomic mass is 10.1. The van der Waals surface area contributed by atoms with Crippen LogP contribution < -0.4 is 10.2 Å². The van der Waals surface area contributed by atoms with Gasteiger partial charge in [-0.3, -0.25) is 4.79 Å². The highest BCUT2D eigenvalue weighted by molar-refractivity contribution is 7.89. The molecule has 2 aromatic carbocycles. The van der Waals surface area contributed by atoms with Crippen LogP contribution in [0.25, 0.3) is 0 Å². The average molecular weight is 414 g/mol. The highest BCUT2D eigenvalue weighted by Gasteiger charge is 2.27. The largest absolute Gasteiger partial charge is 0.372 e. The molecule has 2 aliphatic rings. The normalized spacial score (nSPS) is 18.0. The quantitative estimate of drug-likeness (QED) is 0.811. The fraction of sp³-hybridized carbons (Fsp3) is 0.409. The van der Waals surface area contributed by atoms with Crippen LogP contribution in [0.2, 0.25) is 0 Å². The standard InChI is InChI=1S/C22H27N3O3S/c26-22(23-19-8-10-20(11-9-19)24-14-2-1-3-15-24)18-6-12-21(13-7-18)29(27,28)25-16-4-5-17-25/h6-13H,1-5,14-17H2,(H,23,26). The molecule has 0 spiro atoms. The minimum Gasteiger partial charge on any atom is -0.372 e. The maximum atomic E-state index is 12.6. The van der Waals surface area contributed by atoms with Crippen molar-refractivity contribution in [1.82, 2.24) is 4.31 Å². The number of sulfonamides is 1. The molecule has 1 N–H and O–H groups in total. The Morgan fingerprint density at radius 2 is 1.34 bits per heavy atom. The van der Waals surface area contributed by atoms with Gasteiger partial charge in [-0.25, -0.2) is 8.42 Å². The van der Waals surface area contributed by atoms with Gasteiger partial charge in [0.15, 0.2) is 0 Å². The van der Waals surface area contributed by atoms with Gasteiger partial charge in [0.2, 0.25) is 10.0 Å². The summed E-state index contributed by atoms with van der Waals surface area (Å²) in [5.41, 5.74) is 2.34. The van der Waals surface area contributed by atoms with Crippen molar-refractivity contribution in [2.75, 3.05) is 36.4 Å². The third kappa shape index (κ3) is 4.46. The second-order valence-corrected chi connectivity index (χ2v) is 9.62. The predicted octanol–water partition coefficient (Wildman–Crippen LogP) is 3.71. The summed E-state index contributed by atoms with van der Waals surface area (Å²) in [4.78, 5) is 15.1. The van der Waals surface area contributed by atoms with Gasteiger partial charge in [0.05, 0.1) is 4.90 Å². The lowest BCUT2D eigenvalue weighted by molar-refractivity contribution is 0.102. The highest BCUT2D eigenvalue weighted by Crippen LogP contribution is 2.23. The van der Waals surface area contributed by atoms with E-state index in [0.29, 0.717) is 18.7 Å². The molecule has 0 bridgehead atoms. The molecular weight excluding hydrogens is 386 g/mol. The van der Waals surface area contributed by atoms with Gasteiger partial charge in [-0.2, -0.15) is 4.31 Å². The van der Waals surface area contributed by atoms with Crippen LogP contribution in [0, 0.1) is 0 Å². The number of piperidine rings is 1. The van der Waals surface area contributed by atoms with E-state index in [2.05, 4.69) is 10.2 Å². The molecule has 2 heterocycles. The lowest BCUT2D eigenvalue weighted by Gasteiger charge is -2.28. The van der Waals surface area contributed by atoms with Gasteiger partial charge in [-0.05, 0) is 80.6 Å². The first kappa shape index (κ1) is 19.9. The van der Waals surface area contributed by atoms with E-state index in [0.717, 1.165) is 31.6 Å². The molecule has 0 aliphatic carbocycles. The van der Waals surface area contributed by atoms with E-state index in [4.69, 9.17) is 0 Å². The van der Waals surface area contributed by atoms with Gasteiger partial charge < -0.3 is 10.2 Å². The Kier molecular flexibility index (Phi) is 5.87. The number of anilines is 2. The van der Waals surface area contributed by atoms with Crippen LogP contribution in [0.1, 0.15) is 42.5 Å². The average Bonchev–Trinajstić information content (AvgIpc) is 3.31. The van der Waals surface area contributed by atoms with Crippen LogP contribution in [0.3, 0.4) is 0 Å². The van der Waals surface area contributed by atoms with E-state index >= 15 is 0 Å². The molecule has 154 valence electrons. The molecule has 0 unspecified atom stereocenters. The Hall–Kier alpha value is -2.38. The molecule has 2 aliphatic heterocycles. The Balaban J connectivity index is 1.40. The summed E-state index contributed by atoms with van der Waals surface area (Å²) in [5, 5.41) is 2.88. The van der Waals surface area contributed by atoms with Gasteiger partial charge in [-0.15, -0.1) is 0 Å². The smallest absolute Gasteiger partial charge is 0.255 e. The fourth-order valence-corrected chi connectivity index (χ4v) is 5.48. The summed E-state index contributed by atoms with van der Waals surface area (Å²) in [5.74, 6) is -0.249. The van der Waals surface area contributed by atoms with Gasteiger partial charge in [0.1, 0.15) is 0 Å². The van der Waals surface area contributed by atoms with Crippen molar-refractivity contribution >= 4 is 27.3 Å². The monoisotopic (exact) mass is 413 g/mol. The fourth-order valence-electron chi connectivity index (χ4n) is 3.97. The minimum absolute atomic E-state index is 0.238. The number of rotatable bonds is 5. The second-order valence-electron chi connectivity index (χ2n) is 7.68. The predicted molar refractivity (Wildman–Crippen MR) is 115 cm³/mol. The molecule has 4 rings (SSSR count). The first-order chi connectivity index (χ1) is 14.0. The van der Waals surface area contributed by atoms with Crippen LogP contribution in [0.15, 0.2) is 53.4 Å². The number of hydrogen-bond donors (Lipinski definition) is 1. The zero-order valence-corrected chi connectivity index (χ0v) is 17.3. The Bertz CT molecular complexity index is 944. The number of amides is 1. The molecule has 6 nitrogen and oxygen atoms in total. The maximum absolute atomic E-state index is 12.6. The van der Waals surface area contributed by atoms with E-state index in [9.17, 15) is 13.2 Å². The van der Waals surface area contributed by atoms with Gasteiger partial charge in [-0.1, -0.05) is 0 Å². The van der Waals surface area contributed by atoms with Crippen LogP contribution in [-0.2, 0) is 10.0 Å². The lowest BCUT2D eigenvalue weighted by Crippen LogP contribution is -2.29. The van der Waals surface area contributed by atoms with Crippen molar-refractivity contribution in [3.05, 3.63) is 54.1 Å². The summed E-state index contributed by atoms with van der Waals surface area (Å²) in [6, 6.07) is 14.1. The molecule has 2 saturated heterocycles. The third-order valence-corrected chi connectivity index (χ3v) is 7.58. The molecule has 0 radical (unpaired) electrons. The zero-order chi connectivity index (χ0) is 20.3. The van der Waals surface area contributed by atoms with Crippen LogP contribution in [0.4, 0.5) is 11.4 Å². The van der Waals surface area contributed by atoms with E-state index in [1.165, 1.54) is 41.4 Å². The Morgan fingerprint density at radius 3 is 1.97 bits per heavy atom. The number of carbonyl (C=O) groups is 1. The van der Waals surface area contributed by atoms with E-state index < -0.39 is 10.0 Å². The van der Waals surface area contributed by atoms with Gasteiger partial charge >= 0.3 is 0 Å². The van der Waals surface area contributed by atoms with Crippen molar-refractivity contribution in [1.29, 1.82) is 0 Å². The SMILES string of the molecule is O=C(Nc1ccc(N2CCCCC2)cc1)c1ccc(S(=O)(=O)N2CCCC2)cc1. The first-order valence-electron chi connectivity index (χ1n) is 10.3. The van der Waals surface area contributed by atoms with Crippen molar-refractivity contribution < 1.29 is 13.2 Å². The van der Waals surface area contributed by atoms with E-state index in [-0.39, 0.29) is 10.8 Å². The number of nitrogens with one attached hydrogen (secondary N) is 1. The number of hydrogen-bond acceptors (Lipinski definition) is 4. The van der Waals surface area contributed by atoms with Gasteiger partial charge in [0, 0.05) is 43.1 Å². The maximum Gasteiger partial charge on any atom is 0.255 e. The van der Waals surface area contributed by atoms with E-state index in [1.54, 1.807) is 12.1 Å². The van der Waals surface area contributed by atoms with Crippen LogP contribution in [-0.4, -0.2) is 44.8 Å². The molecule has 0 atom stereocenters. The summed E-state index contributed by atoms with van der Waals surface area (Å²) >= 11 is 0. The highest BCUT2D eigenvalue weighted by atomic mass is 32.2. The topological polar surface area (TPSA) is 69.7 Å². The molecule has 2 aromatic rings. The van der Waals surface area contributed by atoms with Gasteiger partial charge in [0.25, 0.3) is 5.91 Å².